The molecule has 25 heavy (non-hydrogen) atoms. The van der Waals surface area contributed by atoms with Gasteiger partial charge in [-0.2, -0.15) is 4.98 Å². The topological polar surface area (TPSA) is 49.8 Å². The van der Waals surface area contributed by atoms with Crippen LogP contribution in [0.1, 0.15) is 62.1 Å². The summed E-state index contributed by atoms with van der Waals surface area (Å²) < 4.78 is 0. The van der Waals surface area contributed by atoms with Crippen LogP contribution in [-0.2, 0) is 6.54 Å². The molecule has 0 unspecified atom stereocenters. The molecule has 0 bridgehead atoms. The molecule has 1 aromatic carbocycles. The molecule has 0 saturated heterocycles. The quantitative estimate of drug-likeness (QED) is 0.731. The van der Waals surface area contributed by atoms with Gasteiger partial charge in [0.2, 0.25) is 5.95 Å². The van der Waals surface area contributed by atoms with Crippen molar-refractivity contribution in [3.8, 4) is 0 Å². The molecule has 1 heterocycles. The summed E-state index contributed by atoms with van der Waals surface area (Å²) in [5.41, 5.74) is 2.24. The molecule has 4 nitrogen and oxygen atoms in total. The fourth-order valence-corrected chi connectivity index (χ4v) is 3.67. The highest BCUT2D eigenvalue weighted by molar-refractivity contribution is 6.31. The van der Waals surface area contributed by atoms with E-state index >= 15 is 0 Å². The molecule has 2 fully saturated rings. The van der Waals surface area contributed by atoms with Crippen molar-refractivity contribution in [1.29, 1.82) is 0 Å². The van der Waals surface area contributed by atoms with E-state index in [1.807, 2.05) is 24.3 Å². The number of rotatable bonds is 6. The van der Waals surface area contributed by atoms with Gasteiger partial charge in [-0.1, -0.05) is 49.1 Å². The zero-order chi connectivity index (χ0) is 17.1. The molecule has 0 spiro atoms. The van der Waals surface area contributed by atoms with E-state index in [4.69, 9.17) is 21.6 Å². The van der Waals surface area contributed by atoms with Gasteiger partial charge in [-0.15, -0.1) is 0 Å². The number of hydrogen-bond acceptors (Lipinski definition) is 4. The highest BCUT2D eigenvalue weighted by Crippen LogP contribution is 2.40. The Bertz CT molecular complexity index is 723. The molecule has 2 N–H and O–H groups in total. The summed E-state index contributed by atoms with van der Waals surface area (Å²) in [5, 5.41) is 7.78. The fraction of sp³-hybridized carbons (Fsp3) is 0.500. The van der Waals surface area contributed by atoms with Gasteiger partial charge in [0, 0.05) is 29.6 Å². The first-order valence-electron chi connectivity index (χ1n) is 9.41. The predicted molar refractivity (Wildman–Crippen MR) is 103 cm³/mol. The van der Waals surface area contributed by atoms with Gasteiger partial charge < -0.3 is 10.6 Å². The number of hydrogen-bond donors (Lipinski definition) is 2. The normalized spacial score (nSPS) is 18.1. The molecular weight excluding hydrogens is 332 g/mol. The average molecular weight is 357 g/mol. The Labute approximate surface area is 154 Å². The van der Waals surface area contributed by atoms with Crippen LogP contribution in [0.15, 0.2) is 30.3 Å². The van der Waals surface area contributed by atoms with E-state index in [0.717, 1.165) is 28.0 Å². The van der Waals surface area contributed by atoms with Crippen LogP contribution in [0, 0.1) is 0 Å². The molecule has 0 radical (unpaired) electrons. The van der Waals surface area contributed by atoms with Crippen molar-refractivity contribution in [3.63, 3.8) is 0 Å². The first kappa shape index (κ1) is 16.6. The predicted octanol–water partition coefficient (Wildman–Crippen LogP) is 5.36. The Morgan fingerprint density at radius 3 is 2.56 bits per heavy atom. The molecule has 0 atom stereocenters. The molecule has 132 valence electrons. The van der Waals surface area contributed by atoms with Gasteiger partial charge >= 0.3 is 0 Å². The summed E-state index contributed by atoms with van der Waals surface area (Å²) in [7, 11) is 0. The van der Waals surface area contributed by atoms with Crippen molar-refractivity contribution in [2.75, 3.05) is 10.6 Å². The highest BCUT2D eigenvalue weighted by Gasteiger charge is 2.26. The lowest BCUT2D eigenvalue weighted by atomic mass is 9.96. The lowest BCUT2D eigenvalue weighted by Gasteiger charge is -2.23. The fourth-order valence-electron chi connectivity index (χ4n) is 3.47. The van der Waals surface area contributed by atoms with Crippen molar-refractivity contribution in [2.24, 2.45) is 0 Å². The smallest absolute Gasteiger partial charge is 0.225 e. The maximum atomic E-state index is 6.26. The van der Waals surface area contributed by atoms with Crippen LogP contribution in [0.5, 0.6) is 0 Å². The molecule has 5 heteroatoms. The molecule has 2 aliphatic carbocycles. The van der Waals surface area contributed by atoms with Gasteiger partial charge in [0.25, 0.3) is 0 Å². The van der Waals surface area contributed by atoms with E-state index in [1.165, 1.54) is 44.9 Å². The van der Waals surface area contributed by atoms with Gasteiger partial charge in [0.05, 0.1) is 5.69 Å². The summed E-state index contributed by atoms with van der Waals surface area (Å²) in [6, 6.07) is 10.5. The Kier molecular flexibility index (Phi) is 5.07. The van der Waals surface area contributed by atoms with Crippen LogP contribution in [0.2, 0.25) is 5.02 Å². The Morgan fingerprint density at radius 2 is 1.80 bits per heavy atom. The van der Waals surface area contributed by atoms with Crippen LogP contribution >= 0.6 is 11.6 Å². The third kappa shape index (κ3) is 4.43. The van der Waals surface area contributed by atoms with Gasteiger partial charge in [-0.3, -0.25) is 0 Å². The lowest BCUT2D eigenvalue weighted by Crippen LogP contribution is -2.24. The first-order chi connectivity index (χ1) is 12.3. The molecule has 1 aromatic heterocycles. The number of aromatic nitrogens is 2. The van der Waals surface area contributed by atoms with E-state index in [9.17, 15) is 0 Å². The Hall–Kier alpha value is -1.81. The van der Waals surface area contributed by atoms with Gasteiger partial charge in [0.15, 0.2) is 0 Å². The van der Waals surface area contributed by atoms with Crippen LogP contribution in [-0.4, -0.2) is 16.0 Å². The zero-order valence-electron chi connectivity index (χ0n) is 14.5. The molecule has 2 saturated carbocycles. The molecule has 2 aliphatic rings. The second-order valence-corrected chi connectivity index (χ2v) is 7.61. The molecule has 2 aromatic rings. The molecule has 0 amide bonds. The number of benzene rings is 1. The maximum absolute atomic E-state index is 6.26. The third-order valence-corrected chi connectivity index (χ3v) is 5.47. The molecule has 0 aliphatic heterocycles. The maximum Gasteiger partial charge on any atom is 0.225 e. The minimum atomic E-state index is 0.514. The third-order valence-electron chi connectivity index (χ3n) is 5.10. The zero-order valence-corrected chi connectivity index (χ0v) is 15.2. The van der Waals surface area contributed by atoms with Gasteiger partial charge in [0.1, 0.15) is 5.82 Å². The Balaban J connectivity index is 1.49. The van der Waals surface area contributed by atoms with E-state index in [0.29, 0.717) is 18.5 Å². The average Bonchev–Trinajstić information content (AvgIpc) is 3.47. The van der Waals surface area contributed by atoms with E-state index in [2.05, 4.69) is 16.7 Å². The number of anilines is 2. The number of halogens is 1. The summed E-state index contributed by atoms with van der Waals surface area (Å²) in [4.78, 5) is 9.48. The molecule has 4 rings (SSSR count). The summed E-state index contributed by atoms with van der Waals surface area (Å²) in [6.07, 6.45) is 8.88. The SMILES string of the molecule is Clc1ccccc1CNc1cc(C2CC2)nc(NC2CCCCC2)n1. The summed E-state index contributed by atoms with van der Waals surface area (Å²) in [6.45, 7) is 0.670. The van der Waals surface area contributed by atoms with Crippen molar-refractivity contribution in [1.82, 2.24) is 9.97 Å². The monoisotopic (exact) mass is 356 g/mol. The van der Waals surface area contributed by atoms with Gasteiger partial charge in [-0.05, 0) is 37.3 Å². The largest absolute Gasteiger partial charge is 0.366 e. The lowest BCUT2D eigenvalue weighted by molar-refractivity contribution is 0.460. The number of nitrogens with zero attached hydrogens (tertiary/aromatic N) is 2. The van der Waals surface area contributed by atoms with Crippen molar-refractivity contribution < 1.29 is 0 Å². The Morgan fingerprint density at radius 1 is 1.00 bits per heavy atom. The summed E-state index contributed by atoms with van der Waals surface area (Å²) >= 11 is 6.26. The minimum absolute atomic E-state index is 0.514. The van der Waals surface area contributed by atoms with Crippen molar-refractivity contribution in [2.45, 2.75) is 63.5 Å². The van der Waals surface area contributed by atoms with E-state index in [-0.39, 0.29) is 0 Å². The van der Waals surface area contributed by atoms with Crippen LogP contribution in [0.4, 0.5) is 11.8 Å². The second kappa shape index (κ2) is 7.61. The van der Waals surface area contributed by atoms with E-state index in [1.54, 1.807) is 0 Å². The first-order valence-corrected chi connectivity index (χ1v) is 9.78. The van der Waals surface area contributed by atoms with Crippen LogP contribution in [0.3, 0.4) is 0 Å². The van der Waals surface area contributed by atoms with Gasteiger partial charge in [-0.25, -0.2) is 4.98 Å². The number of nitrogens with one attached hydrogen (secondary N) is 2. The van der Waals surface area contributed by atoms with Crippen LogP contribution in [0.25, 0.3) is 0 Å². The minimum Gasteiger partial charge on any atom is -0.366 e. The van der Waals surface area contributed by atoms with E-state index < -0.39 is 0 Å². The second-order valence-electron chi connectivity index (χ2n) is 7.20. The standard InChI is InChI=1S/C20H25ClN4/c21-17-9-5-4-6-15(17)13-22-19-12-18(14-10-11-14)24-20(25-19)23-16-7-2-1-3-8-16/h4-6,9,12,14,16H,1-3,7-8,10-11,13H2,(H2,22,23,24,25). The van der Waals surface area contributed by atoms with Crippen molar-refractivity contribution >= 4 is 23.4 Å². The summed E-state index contributed by atoms with van der Waals surface area (Å²) in [5.74, 6) is 2.27. The van der Waals surface area contributed by atoms with Crippen molar-refractivity contribution in [3.05, 3.63) is 46.6 Å². The molecular formula is C20H25ClN4. The highest BCUT2D eigenvalue weighted by atomic mass is 35.5. The van der Waals surface area contributed by atoms with Crippen LogP contribution < -0.4 is 10.6 Å².